The lowest BCUT2D eigenvalue weighted by molar-refractivity contribution is -0.157. The predicted octanol–water partition coefficient (Wildman–Crippen LogP) is -0.904. The second kappa shape index (κ2) is 6.29. The lowest BCUT2D eigenvalue weighted by atomic mass is 9.92. The maximum absolute atomic E-state index is 12.1. The minimum atomic E-state index is -1.72. The van der Waals surface area contributed by atoms with E-state index in [0.29, 0.717) is 24.3 Å². The molecule has 0 radical (unpaired) electrons. The molecule has 0 saturated carbocycles. The van der Waals surface area contributed by atoms with Gasteiger partial charge in [0.05, 0.1) is 11.6 Å². The number of carbonyl (C=O) groups is 2. The summed E-state index contributed by atoms with van der Waals surface area (Å²) in [5.41, 5.74) is 4.91. The Kier molecular flexibility index (Phi) is 3.83. The second-order valence-electron chi connectivity index (χ2n) is 7.02. The SMILES string of the molecule is N#C[C@@]1(c2ccc3c(N)ncnn23)O[C@H](COC(=O)C2CNC2)[C@H]2OC(=O)O[C@H]21. The fourth-order valence-electron chi connectivity index (χ4n) is 3.78. The highest BCUT2D eigenvalue weighted by molar-refractivity contribution is 5.74. The number of esters is 1. The molecule has 0 unspecified atom stereocenters. The van der Waals surface area contributed by atoms with Crippen LogP contribution in [0.25, 0.3) is 5.52 Å². The van der Waals surface area contributed by atoms with Gasteiger partial charge in [-0.2, -0.15) is 10.4 Å². The molecule has 5 heterocycles. The Balaban J connectivity index is 1.49. The summed E-state index contributed by atoms with van der Waals surface area (Å²) in [7, 11) is 0. The molecule has 0 spiro atoms. The van der Waals surface area contributed by atoms with Crippen molar-refractivity contribution in [2.24, 2.45) is 5.92 Å². The number of aromatic nitrogens is 3. The van der Waals surface area contributed by atoms with Crippen molar-refractivity contribution in [3.63, 3.8) is 0 Å². The van der Waals surface area contributed by atoms with Gasteiger partial charge in [-0.05, 0) is 12.1 Å². The summed E-state index contributed by atoms with van der Waals surface area (Å²) in [6.45, 7) is 0.916. The van der Waals surface area contributed by atoms with Gasteiger partial charge in [-0.3, -0.25) is 4.79 Å². The minimum Gasteiger partial charge on any atom is -0.462 e. The molecule has 2 aromatic rings. The van der Waals surface area contributed by atoms with Crippen LogP contribution in [0.15, 0.2) is 18.5 Å². The zero-order valence-electron chi connectivity index (χ0n) is 15.0. The third kappa shape index (κ3) is 2.51. The molecule has 29 heavy (non-hydrogen) atoms. The lowest BCUT2D eigenvalue weighted by Crippen LogP contribution is -2.48. The summed E-state index contributed by atoms with van der Waals surface area (Å²) >= 11 is 0. The quantitative estimate of drug-likeness (QED) is 0.611. The highest BCUT2D eigenvalue weighted by Crippen LogP contribution is 2.46. The first kappa shape index (κ1) is 17.7. The van der Waals surface area contributed by atoms with Gasteiger partial charge in [0, 0.05) is 13.1 Å². The number of rotatable bonds is 4. The number of ether oxygens (including phenoxy) is 4. The van der Waals surface area contributed by atoms with Gasteiger partial charge in [-0.1, -0.05) is 0 Å². The maximum Gasteiger partial charge on any atom is 0.509 e. The van der Waals surface area contributed by atoms with Crippen molar-refractivity contribution in [1.29, 1.82) is 5.26 Å². The zero-order chi connectivity index (χ0) is 20.2. The molecule has 3 aliphatic heterocycles. The van der Waals surface area contributed by atoms with E-state index in [1.54, 1.807) is 12.1 Å². The Labute approximate surface area is 163 Å². The van der Waals surface area contributed by atoms with E-state index >= 15 is 0 Å². The van der Waals surface area contributed by atoms with E-state index in [9.17, 15) is 14.9 Å². The fraction of sp³-hybridized carbons (Fsp3) is 0.471. The molecule has 3 saturated heterocycles. The van der Waals surface area contributed by atoms with Crippen molar-refractivity contribution in [2.45, 2.75) is 23.9 Å². The van der Waals surface area contributed by atoms with Crippen molar-refractivity contribution < 1.29 is 28.5 Å². The van der Waals surface area contributed by atoms with Crippen LogP contribution < -0.4 is 11.1 Å². The fourth-order valence-corrected chi connectivity index (χ4v) is 3.78. The Morgan fingerprint density at radius 1 is 1.45 bits per heavy atom. The first-order valence-electron chi connectivity index (χ1n) is 8.96. The standard InChI is InChI=1S/C17H16N6O6/c18-6-17(11-2-1-9-14(19)21-7-22-23(9)11)13-12(27-16(25)28-13)10(29-17)5-26-15(24)8-3-20-4-8/h1-2,7-8,10,12-13,20H,3-5H2,(H2,19,21,22)/t10-,12-,13-,17+/m1/s1. The average molecular weight is 400 g/mol. The summed E-state index contributed by atoms with van der Waals surface area (Å²) in [6, 6.07) is 5.33. The van der Waals surface area contributed by atoms with Crippen LogP contribution in [0.5, 0.6) is 0 Å². The highest BCUT2D eigenvalue weighted by Gasteiger charge is 2.65. The van der Waals surface area contributed by atoms with Gasteiger partial charge in [0.2, 0.25) is 5.60 Å². The molecule has 3 aliphatic rings. The molecule has 0 aliphatic carbocycles. The predicted molar refractivity (Wildman–Crippen MR) is 92.0 cm³/mol. The van der Waals surface area contributed by atoms with Crippen molar-refractivity contribution >= 4 is 23.5 Å². The summed E-state index contributed by atoms with van der Waals surface area (Å²) in [4.78, 5) is 27.8. The Bertz CT molecular complexity index is 1040. The number of hydrogen-bond donors (Lipinski definition) is 2. The van der Waals surface area contributed by atoms with E-state index in [1.807, 2.05) is 0 Å². The summed E-state index contributed by atoms with van der Waals surface area (Å²) in [5, 5.41) is 17.2. The van der Waals surface area contributed by atoms with Gasteiger partial charge in [-0.15, -0.1) is 0 Å². The van der Waals surface area contributed by atoms with Crippen molar-refractivity contribution in [3.05, 3.63) is 24.2 Å². The minimum absolute atomic E-state index is 0.184. The third-order valence-electron chi connectivity index (χ3n) is 5.39. The topological polar surface area (TPSA) is 163 Å². The van der Waals surface area contributed by atoms with Crippen LogP contribution in [0, 0.1) is 17.2 Å². The Morgan fingerprint density at radius 3 is 3.00 bits per heavy atom. The number of hydrogen-bond acceptors (Lipinski definition) is 11. The first-order chi connectivity index (χ1) is 14.0. The van der Waals surface area contributed by atoms with E-state index in [1.165, 1.54) is 10.8 Å². The second-order valence-corrected chi connectivity index (χ2v) is 7.02. The van der Waals surface area contributed by atoms with Crippen molar-refractivity contribution in [1.82, 2.24) is 19.9 Å². The molecular formula is C17H16N6O6. The van der Waals surface area contributed by atoms with Gasteiger partial charge in [0.25, 0.3) is 0 Å². The maximum atomic E-state index is 12.1. The number of nitrogens with zero attached hydrogens (tertiary/aromatic N) is 4. The molecule has 12 nitrogen and oxygen atoms in total. The van der Waals surface area contributed by atoms with E-state index < -0.39 is 30.1 Å². The lowest BCUT2D eigenvalue weighted by Gasteiger charge is -2.26. The van der Waals surface area contributed by atoms with Gasteiger partial charge in [-0.25, -0.2) is 14.3 Å². The molecule has 3 fully saturated rings. The van der Waals surface area contributed by atoms with Crippen LogP contribution in [-0.4, -0.2) is 64.7 Å². The van der Waals surface area contributed by atoms with Crippen LogP contribution in [0.4, 0.5) is 10.6 Å². The van der Waals surface area contributed by atoms with Crippen molar-refractivity contribution in [3.8, 4) is 6.07 Å². The average Bonchev–Trinajstić information content (AvgIpc) is 3.32. The van der Waals surface area contributed by atoms with Gasteiger partial charge in [0.1, 0.15) is 30.6 Å². The molecule has 0 aromatic carbocycles. The number of nitrogens with one attached hydrogen (secondary N) is 1. The van der Waals surface area contributed by atoms with E-state index in [2.05, 4.69) is 21.5 Å². The van der Waals surface area contributed by atoms with Crippen LogP contribution >= 0.6 is 0 Å². The monoisotopic (exact) mass is 400 g/mol. The van der Waals surface area contributed by atoms with Crippen LogP contribution in [0.3, 0.4) is 0 Å². The number of carbonyl (C=O) groups excluding carboxylic acids is 2. The molecular weight excluding hydrogens is 384 g/mol. The van der Waals surface area contributed by atoms with E-state index in [-0.39, 0.29) is 24.3 Å². The number of anilines is 1. The Morgan fingerprint density at radius 2 is 2.28 bits per heavy atom. The van der Waals surface area contributed by atoms with Crippen LogP contribution in [0.2, 0.25) is 0 Å². The summed E-state index contributed by atoms with van der Waals surface area (Å²) in [5.74, 6) is -0.380. The van der Waals surface area contributed by atoms with Gasteiger partial charge < -0.3 is 30.0 Å². The molecule has 3 N–H and O–H groups in total. The number of fused-ring (bicyclic) bond motifs is 2. The van der Waals surface area contributed by atoms with Crippen LogP contribution in [-0.2, 0) is 29.3 Å². The first-order valence-corrected chi connectivity index (χ1v) is 8.96. The number of nitrogen functional groups attached to an aromatic ring is 1. The molecule has 4 atom stereocenters. The molecule has 12 heteroatoms. The zero-order valence-corrected chi connectivity index (χ0v) is 15.0. The van der Waals surface area contributed by atoms with E-state index in [4.69, 9.17) is 24.7 Å². The summed E-state index contributed by atoms with van der Waals surface area (Å²) in [6.07, 6.45) is -2.54. The van der Waals surface area contributed by atoms with Crippen LogP contribution in [0.1, 0.15) is 5.69 Å². The number of nitriles is 1. The largest absolute Gasteiger partial charge is 0.509 e. The Hall–Kier alpha value is -3.43. The smallest absolute Gasteiger partial charge is 0.462 e. The van der Waals surface area contributed by atoms with Gasteiger partial charge >= 0.3 is 12.1 Å². The molecule has 0 amide bonds. The highest BCUT2D eigenvalue weighted by atomic mass is 16.8. The molecule has 0 bridgehead atoms. The number of nitrogens with two attached hydrogens (primary N) is 1. The van der Waals surface area contributed by atoms with E-state index in [0.717, 1.165) is 0 Å². The normalized spacial score (nSPS) is 30.9. The molecule has 150 valence electrons. The summed E-state index contributed by atoms with van der Waals surface area (Å²) < 4.78 is 23.2. The third-order valence-corrected chi connectivity index (χ3v) is 5.39. The van der Waals surface area contributed by atoms with Gasteiger partial charge in [0.15, 0.2) is 18.0 Å². The van der Waals surface area contributed by atoms with Crippen molar-refractivity contribution in [2.75, 3.05) is 25.4 Å². The molecule has 5 rings (SSSR count). The molecule has 2 aromatic heterocycles.